The number of hydrogen-bond acceptors (Lipinski definition) is 2. The highest BCUT2D eigenvalue weighted by Gasteiger charge is 2.19. The molecule has 0 aromatic heterocycles. The summed E-state index contributed by atoms with van der Waals surface area (Å²) in [6.07, 6.45) is 0.0373. The van der Waals surface area contributed by atoms with Gasteiger partial charge in [-0.3, -0.25) is 9.59 Å². The number of nitrogens with one attached hydrogen (secondary N) is 1. The number of amides is 2. The predicted molar refractivity (Wildman–Crippen MR) is 97.4 cm³/mol. The van der Waals surface area contributed by atoms with Crippen LogP contribution in [0.1, 0.15) is 18.9 Å². The number of nitrogens with zero attached hydrogens (tertiary/aromatic N) is 1. The Morgan fingerprint density at radius 3 is 2.32 bits per heavy atom. The lowest BCUT2D eigenvalue weighted by atomic mass is 10.2. The van der Waals surface area contributed by atoms with Crippen LogP contribution in [0, 0.1) is 5.82 Å². The molecule has 0 aliphatic carbocycles. The fourth-order valence-corrected chi connectivity index (χ4v) is 2.91. The number of carbonyl (C=O) groups excluding carboxylic acids is 2. The van der Waals surface area contributed by atoms with Gasteiger partial charge in [0.15, 0.2) is 0 Å². The Bertz CT molecular complexity index is 763. The fourth-order valence-electron chi connectivity index (χ4n) is 2.31. The molecule has 0 aliphatic heterocycles. The molecule has 0 saturated heterocycles. The number of hydrogen-bond donors (Lipinski definition) is 1. The summed E-state index contributed by atoms with van der Waals surface area (Å²) in [5.41, 5.74) is 0.772. The molecule has 2 aromatic rings. The molecule has 0 unspecified atom stereocenters. The minimum absolute atomic E-state index is 0.0373. The lowest BCUT2D eigenvalue weighted by Crippen LogP contribution is -2.34. The summed E-state index contributed by atoms with van der Waals surface area (Å²) in [6.45, 7) is 1.57. The smallest absolute Gasteiger partial charge is 0.223 e. The molecule has 132 valence electrons. The van der Waals surface area contributed by atoms with E-state index >= 15 is 0 Å². The van der Waals surface area contributed by atoms with E-state index in [0.717, 1.165) is 0 Å². The van der Waals surface area contributed by atoms with Crippen molar-refractivity contribution in [2.75, 3.05) is 11.4 Å². The van der Waals surface area contributed by atoms with E-state index in [2.05, 4.69) is 5.32 Å². The Balaban J connectivity index is 1.98. The average Bonchev–Trinajstić information content (AvgIpc) is 2.56. The zero-order valence-electron chi connectivity index (χ0n) is 13.6. The summed E-state index contributed by atoms with van der Waals surface area (Å²) in [5, 5.41) is 3.29. The van der Waals surface area contributed by atoms with E-state index < -0.39 is 0 Å². The number of carbonyl (C=O) groups is 2. The summed E-state index contributed by atoms with van der Waals surface area (Å²) < 4.78 is 13.5. The molecule has 4 nitrogen and oxygen atoms in total. The van der Waals surface area contributed by atoms with E-state index in [-0.39, 0.29) is 37.1 Å². The van der Waals surface area contributed by atoms with Crippen molar-refractivity contribution in [3.05, 3.63) is 63.9 Å². The molecule has 0 saturated carbocycles. The van der Waals surface area contributed by atoms with Crippen LogP contribution in [0.5, 0.6) is 0 Å². The molecule has 2 aromatic carbocycles. The van der Waals surface area contributed by atoms with Gasteiger partial charge < -0.3 is 10.2 Å². The van der Waals surface area contributed by atoms with Gasteiger partial charge in [0, 0.05) is 32.0 Å². The van der Waals surface area contributed by atoms with Crippen molar-refractivity contribution >= 4 is 40.7 Å². The van der Waals surface area contributed by atoms with Gasteiger partial charge in [-0.05, 0) is 18.2 Å². The monoisotopic (exact) mass is 382 g/mol. The third kappa shape index (κ3) is 5.18. The van der Waals surface area contributed by atoms with Gasteiger partial charge >= 0.3 is 0 Å². The first kappa shape index (κ1) is 19.2. The van der Waals surface area contributed by atoms with Gasteiger partial charge in [-0.25, -0.2) is 4.39 Å². The van der Waals surface area contributed by atoms with E-state index in [4.69, 9.17) is 23.2 Å². The second-order valence-corrected chi connectivity index (χ2v) is 6.17. The zero-order chi connectivity index (χ0) is 18.4. The quantitative estimate of drug-likeness (QED) is 0.813. The van der Waals surface area contributed by atoms with Gasteiger partial charge in [0.05, 0.1) is 15.7 Å². The summed E-state index contributed by atoms with van der Waals surface area (Å²) in [7, 11) is 0. The maximum Gasteiger partial charge on any atom is 0.223 e. The molecule has 2 rings (SSSR count). The standard InChI is InChI=1S/C18H17Cl2FN2O2/c1-12(24)23(18-14(19)6-4-7-15(18)20)10-9-17(25)22-11-13-5-2-3-8-16(13)21/h2-8H,9-11H2,1H3,(H,22,25). The highest BCUT2D eigenvalue weighted by Crippen LogP contribution is 2.33. The molecule has 0 atom stereocenters. The van der Waals surface area contributed by atoms with Crippen LogP contribution in [-0.4, -0.2) is 18.4 Å². The largest absolute Gasteiger partial charge is 0.352 e. The van der Waals surface area contributed by atoms with Crippen LogP contribution in [0.25, 0.3) is 0 Å². The summed E-state index contributed by atoms with van der Waals surface area (Å²) in [5.74, 6) is -0.967. The number of benzene rings is 2. The lowest BCUT2D eigenvalue weighted by Gasteiger charge is -2.23. The minimum Gasteiger partial charge on any atom is -0.352 e. The maximum absolute atomic E-state index is 13.5. The summed E-state index contributed by atoms with van der Waals surface area (Å²) in [4.78, 5) is 25.3. The Morgan fingerprint density at radius 2 is 1.72 bits per heavy atom. The molecule has 0 radical (unpaired) electrons. The molecule has 1 N–H and O–H groups in total. The van der Waals surface area contributed by atoms with Gasteiger partial charge in [-0.1, -0.05) is 47.5 Å². The van der Waals surface area contributed by atoms with Crippen molar-refractivity contribution < 1.29 is 14.0 Å². The van der Waals surface area contributed by atoms with Crippen LogP contribution in [0.3, 0.4) is 0 Å². The molecular weight excluding hydrogens is 366 g/mol. The number of para-hydroxylation sites is 1. The number of rotatable bonds is 6. The van der Waals surface area contributed by atoms with Gasteiger partial charge in [0.25, 0.3) is 0 Å². The third-order valence-electron chi connectivity index (χ3n) is 3.58. The van der Waals surface area contributed by atoms with E-state index in [1.807, 2.05) is 0 Å². The van der Waals surface area contributed by atoms with Crippen molar-refractivity contribution in [2.24, 2.45) is 0 Å². The predicted octanol–water partition coefficient (Wildman–Crippen LogP) is 4.19. The van der Waals surface area contributed by atoms with Gasteiger partial charge in [0.2, 0.25) is 11.8 Å². The van der Waals surface area contributed by atoms with E-state index in [1.54, 1.807) is 36.4 Å². The van der Waals surface area contributed by atoms with E-state index in [9.17, 15) is 14.0 Å². The first-order chi connectivity index (χ1) is 11.9. The van der Waals surface area contributed by atoms with E-state index in [1.165, 1.54) is 17.9 Å². The van der Waals surface area contributed by atoms with Gasteiger partial charge in [0.1, 0.15) is 5.82 Å². The van der Waals surface area contributed by atoms with E-state index in [0.29, 0.717) is 21.3 Å². The molecule has 7 heteroatoms. The normalized spacial score (nSPS) is 10.4. The molecule has 2 amide bonds. The molecule has 0 aliphatic rings. The molecule has 0 spiro atoms. The van der Waals surface area contributed by atoms with Crippen LogP contribution in [-0.2, 0) is 16.1 Å². The molecule has 25 heavy (non-hydrogen) atoms. The Kier molecular flexibility index (Phi) is 6.79. The number of anilines is 1. The molecule has 0 bridgehead atoms. The highest BCUT2D eigenvalue weighted by molar-refractivity contribution is 6.39. The number of halogens is 3. The zero-order valence-corrected chi connectivity index (χ0v) is 15.1. The third-order valence-corrected chi connectivity index (χ3v) is 4.19. The molecule has 0 heterocycles. The summed E-state index contributed by atoms with van der Waals surface area (Å²) >= 11 is 12.2. The average molecular weight is 383 g/mol. The first-order valence-corrected chi connectivity index (χ1v) is 8.38. The first-order valence-electron chi connectivity index (χ1n) is 7.62. The topological polar surface area (TPSA) is 49.4 Å². The van der Waals surface area contributed by atoms with Crippen LogP contribution in [0.15, 0.2) is 42.5 Å². The Labute approximate surface area is 155 Å². The molecule has 0 fully saturated rings. The Hall–Kier alpha value is -2.11. The van der Waals surface area contributed by atoms with Gasteiger partial charge in [-0.2, -0.15) is 0 Å². The fraction of sp³-hybridized carbons (Fsp3) is 0.222. The van der Waals surface area contributed by atoms with Crippen LogP contribution < -0.4 is 10.2 Å². The highest BCUT2D eigenvalue weighted by atomic mass is 35.5. The van der Waals surface area contributed by atoms with Crippen molar-refractivity contribution in [1.82, 2.24) is 5.32 Å². The van der Waals surface area contributed by atoms with Crippen LogP contribution in [0.2, 0.25) is 10.0 Å². The van der Waals surface area contributed by atoms with Crippen molar-refractivity contribution in [3.8, 4) is 0 Å². The van der Waals surface area contributed by atoms with Crippen LogP contribution >= 0.6 is 23.2 Å². The SMILES string of the molecule is CC(=O)N(CCC(=O)NCc1ccccc1F)c1c(Cl)cccc1Cl. The minimum atomic E-state index is -0.379. The van der Waals surface area contributed by atoms with Gasteiger partial charge in [-0.15, -0.1) is 0 Å². The summed E-state index contributed by atoms with van der Waals surface area (Å²) in [6, 6.07) is 11.1. The van der Waals surface area contributed by atoms with Crippen molar-refractivity contribution in [2.45, 2.75) is 19.9 Å². The second kappa shape index (κ2) is 8.83. The van der Waals surface area contributed by atoms with Crippen molar-refractivity contribution in [3.63, 3.8) is 0 Å². The second-order valence-electron chi connectivity index (χ2n) is 5.36. The van der Waals surface area contributed by atoms with Crippen molar-refractivity contribution in [1.29, 1.82) is 0 Å². The van der Waals surface area contributed by atoms with Crippen LogP contribution in [0.4, 0.5) is 10.1 Å². The maximum atomic E-state index is 13.5. The Morgan fingerprint density at radius 1 is 1.08 bits per heavy atom. The lowest BCUT2D eigenvalue weighted by molar-refractivity contribution is -0.121. The molecular formula is C18H17Cl2FN2O2.